The van der Waals surface area contributed by atoms with Crippen molar-refractivity contribution in [1.29, 1.82) is 5.26 Å². The van der Waals surface area contributed by atoms with Gasteiger partial charge < -0.3 is 20.1 Å². The summed E-state index contributed by atoms with van der Waals surface area (Å²) in [4.78, 5) is 13.2. The Bertz CT molecular complexity index is 691. The summed E-state index contributed by atoms with van der Waals surface area (Å²) in [6, 6.07) is 15.5. The summed E-state index contributed by atoms with van der Waals surface area (Å²) in [6.45, 7) is 0.188. The molecule has 0 bridgehead atoms. The van der Waals surface area contributed by atoms with E-state index in [0.29, 0.717) is 22.7 Å². The number of ether oxygens (including phenoxy) is 1. The van der Waals surface area contributed by atoms with Crippen molar-refractivity contribution in [2.45, 2.75) is 0 Å². The fourth-order valence-electron chi connectivity index (χ4n) is 1.81. The normalized spacial score (nSPS) is 9.78. The third-order valence-corrected chi connectivity index (χ3v) is 3.11. The second-order valence-electron chi connectivity index (χ2n) is 4.84. The van der Waals surface area contributed by atoms with Gasteiger partial charge in [-0.25, -0.2) is 4.79 Å². The van der Waals surface area contributed by atoms with E-state index in [0.717, 1.165) is 0 Å². The van der Waals surface area contributed by atoms with E-state index >= 15 is 0 Å². The van der Waals surface area contributed by atoms with Gasteiger partial charge in [-0.1, -0.05) is 0 Å². The molecule has 2 aromatic carbocycles. The number of hydrogen-bond donors (Lipinski definition) is 2. The quantitative estimate of drug-likeness (QED) is 0.889. The molecule has 2 N–H and O–H groups in total. The second-order valence-corrected chi connectivity index (χ2v) is 4.84. The highest BCUT2D eigenvalue weighted by molar-refractivity contribution is 5.89. The van der Waals surface area contributed by atoms with Crippen LogP contribution >= 0.6 is 0 Å². The fraction of sp³-hybridized carbons (Fsp3) is 0.176. The van der Waals surface area contributed by atoms with Gasteiger partial charge in [0.15, 0.2) is 0 Å². The summed E-state index contributed by atoms with van der Waals surface area (Å²) in [5.74, 6) is 1.25. The van der Waals surface area contributed by atoms with Crippen LogP contribution in [-0.2, 0) is 0 Å². The minimum absolute atomic E-state index is 0.0821. The van der Waals surface area contributed by atoms with Crippen LogP contribution < -0.4 is 10.1 Å². The van der Waals surface area contributed by atoms with E-state index in [1.54, 1.807) is 55.6 Å². The van der Waals surface area contributed by atoms with Gasteiger partial charge in [0.1, 0.15) is 11.5 Å². The Morgan fingerprint density at radius 1 is 1.17 bits per heavy atom. The average molecular weight is 311 g/mol. The lowest BCUT2D eigenvalue weighted by Gasteiger charge is -2.16. The number of nitrogens with one attached hydrogen (secondary N) is 1. The van der Waals surface area contributed by atoms with E-state index in [1.165, 1.54) is 4.90 Å². The first kappa shape index (κ1) is 16.3. The molecule has 0 fully saturated rings. The standard InChI is InChI=1S/C17H17N3O3/c1-20(10-11-21)17(22)19-14-4-8-16(9-5-14)23-15-6-2-13(12-18)3-7-15/h2-9,21H,10-11H2,1H3,(H,19,22). The number of hydrogen-bond acceptors (Lipinski definition) is 4. The zero-order valence-electron chi connectivity index (χ0n) is 12.7. The molecule has 0 aliphatic heterocycles. The third kappa shape index (κ3) is 4.73. The van der Waals surface area contributed by atoms with Crippen LogP contribution in [0.4, 0.5) is 10.5 Å². The maximum atomic E-state index is 11.8. The Balaban J connectivity index is 1.96. The first-order valence-corrected chi connectivity index (χ1v) is 7.03. The molecule has 2 amide bonds. The van der Waals surface area contributed by atoms with Crippen molar-refractivity contribution in [3.8, 4) is 17.6 Å². The van der Waals surface area contributed by atoms with E-state index in [1.807, 2.05) is 6.07 Å². The van der Waals surface area contributed by atoms with Crippen molar-refractivity contribution in [1.82, 2.24) is 4.90 Å². The number of carbonyl (C=O) groups excluding carboxylic acids is 1. The van der Waals surface area contributed by atoms with Crippen LogP contribution in [0, 0.1) is 11.3 Å². The van der Waals surface area contributed by atoms with Gasteiger partial charge in [-0.15, -0.1) is 0 Å². The zero-order valence-corrected chi connectivity index (χ0v) is 12.7. The number of aliphatic hydroxyl groups is 1. The van der Waals surface area contributed by atoms with Gasteiger partial charge >= 0.3 is 6.03 Å². The molecular formula is C17H17N3O3. The molecule has 2 aromatic rings. The Kier molecular flexibility index (Phi) is 5.56. The Morgan fingerprint density at radius 3 is 2.26 bits per heavy atom. The van der Waals surface area contributed by atoms with Crippen LogP contribution in [0.25, 0.3) is 0 Å². The Labute approximate surface area is 134 Å². The van der Waals surface area contributed by atoms with Crippen LogP contribution in [-0.4, -0.2) is 36.2 Å². The van der Waals surface area contributed by atoms with Gasteiger partial charge in [0, 0.05) is 19.3 Å². The van der Waals surface area contributed by atoms with E-state index in [2.05, 4.69) is 5.32 Å². The lowest BCUT2D eigenvalue weighted by atomic mass is 10.2. The van der Waals surface area contributed by atoms with E-state index in [-0.39, 0.29) is 19.2 Å². The van der Waals surface area contributed by atoms with Gasteiger partial charge in [-0.2, -0.15) is 5.26 Å². The Hall–Kier alpha value is -3.04. The molecule has 6 heteroatoms. The summed E-state index contributed by atoms with van der Waals surface area (Å²) in [7, 11) is 1.61. The number of aliphatic hydroxyl groups excluding tert-OH is 1. The summed E-state index contributed by atoms with van der Waals surface area (Å²) in [5.41, 5.74) is 1.20. The first-order valence-electron chi connectivity index (χ1n) is 7.03. The maximum Gasteiger partial charge on any atom is 0.321 e. The molecule has 6 nitrogen and oxygen atoms in total. The molecule has 23 heavy (non-hydrogen) atoms. The molecule has 0 spiro atoms. The number of carbonyl (C=O) groups is 1. The molecule has 0 aromatic heterocycles. The van der Waals surface area contributed by atoms with Gasteiger partial charge in [-0.3, -0.25) is 0 Å². The van der Waals surface area contributed by atoms with Crippen molar-refractivity contribution >= 4 is 11.7 Å². The number of benzene rings is 2. The average Bonchev–Trinajstić information content (AvgIpc) is 2.57. The molecule has 0 radical (unpaired) electrons. The lowest BCUT2D eigenvalue weighted by molar-refractivity contribution is 0.202. The third-order valence-electron chi connectivity index (χ3n) is 3.11. The van der Waals surface area contributed by atoms with E-state index < -0.39 is 0 Å². The summed E-state index contributed by atoms with van der Waals surface area (Å²) in [5, 5.41) is 20.3. The molecule has 0 atom stereocenters. The number of nitriles is 1. The molecular weight excluding hydrogens is 294 g/mol. The maximum absolute atomic E-state index is 11.8. The highest BCUT2D eigenvalue weighted by atomic mass is 16.5. The molecule has 0 saturated heterocycles. The zero-order chi connectivity index (χ0) is 16.7. The number of amides is 2. The van der Waals surface area contributed by atoms with E-state index in [4.69, 9.17) is 15.1 Å². The van der Waals surface area contributed by atoms with Gasteiger partial charge in [0.05, 0.1) is 18.2 Å². The van der Waals surface area contributed by atoms with Gasteiger partial charge in [-0.05, 0) is 48.5 Å². The monoisotopic (exact) mass is 311 g/mol. The van der Waals surface area contributed by atoms with Crippen LogP contribution in [0.5, 0.6) is 11.5 Å². The molecule has 0 heterocycles. The lowest BCUT2D eigenvalue weighted by Crippen LogP contribution is -2.33. The van der Waals surface area contributed by atoms with Crippen molar-refractivity contribution in [2.24, 2.45) is 0 Å². The minimum atomic E-state index is -0.292. The Morgan fingerprint density at radius 2 is 1.74 bits per heavy atom. The van der Waals surface area contributed by atoms with Gasteiger partial charge in [0.25, 0.3) is 0 Å². The van der Waals surface area contributed by atoms with Crippen LogP contribution in [0.2, 0.25) is 0 Å². The number of anilines is 1. The van der Waals surface area contributed by atoms with E-state index in [9.17, 15) is 4.79 Å². The topological polar surface area (TPSA) is 85.6 Å². The molecule has 2 rings (SSSR count). The van der Waals surface area contributed by atoms with Crippen LogP contribution in [0.15, 0.2) is 48.5 Å². The predicted octanol–water partition coefficient (Wildman–Crippen LogP) is 2.81. The number of nitrogens with zero attached hydrogens (tertiary/aromatic N) is 2. The summed E-state index contributed by atoms with van der Waals surface area (Å²) >= 11 is 0. The smallest absolute Gasteiger partial charge is 0.321 e. The number of urea groups is 1. The van der Waals surface area contributed by atoms with Crippen molar-refractivity contribution in [3.05, 3.63) is 54.1 Å². The SMILES string of the molecule is CN(CCO)C(=O)Nc1ccc(Oc2ccc(C#N)cc2)cc1. The van der Waals surface area contributed by atoms with Gasteiger partial charge in [0.2, 0.25) is 0 Å². The van der Waals surface area contributed by atoms with Crippen LogP contribution in [0.1, 0.15) is 5.56 Å². The second kappa shape index (κ2) is 7.82. The first-order chi connectivity index (χ1) is 11.1. The summed E-state index contributed by atoms with van der Waals surface area (Å²) in [6.07, 6.45) is 0. The predicted molar refractivity (Wildman–Crippen MR) is 86.4 cm³/mol. The number of rotatable bonds is 5. The largest absolute Gasteiger partial charge is 0.457 e. The van der Waals surface area contributed by atoms with Crippen molar-refractivity contribution in [2.75, 3.05) is 25.5 Å². The molecule has 0 unspecified atom stereocenters. The minimum Gasteiger partial charge on any atom is -0.457 e. The fourth-order valence-corrected chi connectivity index (χ4v) is 1.81. The molecule has 0 aliphatic carbocycles. The highest BCUT2D eigenvalue weighted by Gasteiger charge is 2.07. The molecule has 0 aliphatic rings. The summed E-state index contributed by atoms with van der Waals surface area (Å²) < 4.78 is 5.66. The van der Waals surface area contributed by atoms with Crippen molar-refractivity contribution in [3.63, 3.8) is 0 Å². The van der Waals surface area contributed by atoms with Crippen molar-refractivity contribution < 1.29 is 14.6 Å². The number of likely N-dealkylation sites (N-methyl/N-ethyl adjacent to an activating group) is 1. The molecule has 118 valence electrons. The highest BCUT2D eigenvalue weighted by Crippen LogP contribution is 2.23. The van der Waals surface area contributed by atoms with Crippen LogP contribution in [0.3, 0.4) is 0 Å². The molecule has 0 saturated carbocycles.